The van der Waals surface area contributed by atoms with Crippen molar-refractivity contribution in [3.05, 3.63) is 42.6 Å². The van der Waals surface area contributed by atoms with E-state index in [9.17, 15) is 4.39 Å². The highest BCUT2D eigenvalue weighted by atomic mass is 19.1. The summed E-state index contributed by atoms with van der Waals surface area (Å²) in [6, 6.07) is 5.90. The summed E-state index contributed by atoms with van der Waals surface area (Å²) >= 11 is 0. The second kappa shape index (κ2) is 3.51. The maximum Gasteiger partial charge on any atom is 0.171 e. The molecule has 84 valence electrons. The lowest BCUT2D eigenvalue weighted by Gasteiger charge is -2.03. The SMILES string of the molecule is Nc1cc(F)ccc1-c1nnc2ccncn12. The maximum absolute atomic E-state index is 13.0. The quantitative estimate of drug-likeness (QED) is 0.642. The monoisotopic (exact) mass is 229 g/mol. The van der Waals surface area contributed by atoms with E-state index in [1.807, 2.05) is 0 Å². The first-order valence-corrected chi connectivity index (χ1v) is 4.96. The molecule has 2 aromatic heterocycles. The van der Waals surface area contributed by atoms with Crippen LogP contribution < -0.4 is 5.73 Å². The Morgan fingerprint density at radius 3 is 2.88 bits per heavy atom. The number of rotatable bonds is 1. The van der Waals surface area contributed by atoms with Crippen molar-refractivity contribution in [3.8, 4) is 11.4 Å². The normalized spacial score (nSPS) is 10.9. The number of aromatic nitrogens is 4. The van der Waals surface area contributed by atoms with E-state index in [0.29, 0.717) is 22.7 Å². The van der Waals surface area contributed by atoms with Crippen molar-refractivity contribution in [2.75, 3.05) is 5.73 Å². The molecule has 0 fully saturated rings. The van der Waals surface area contributed by atoms with E-state index >= 15 is 0 Å². The number of nitrogen functional groups attached to an aromatic ring is 1. The van der Waals surface area contributed by atoms with Crippen LogP contribution in [-0.2, 0) is 0 Å². The summed E-state index contributed by atoms with van der Waals surface area (Å²) in [7, 11) is 0. The molecule has 0 aliphatic heterocycles. The summed E-state index contributed by atoms with van der Waals surface area (Å²) in [4.78, 5) is 3.99. The minimum Gasteiger partial charge on any atom is -0.398 e. The Kier molecular flexibility index (Phi) is 2.01. The minimum atomic E-state index is -0.377. The molecule has 3 aromatic rings. The average Bonchev–Trinajstić information content (AvgIpc) is 2.73. The number of halogens is 1. The zero-order valence-electron chi connectivity index (χ0n) is 8.71. The molecule has 0 spiro atoms. The Morgan fingerprint density at radius 1 is 1.18 bits per heavy atom. The standard InChI is InChI=1S/C11H8FN5/c12-7-1-2-8(9(13)5-7)11-16-15-10-3-4-14-6-17(10)11/h1-6H,13H2. The second-order valence-corrected chi connectivity index (χ2v) is 3.56. The van der Waals surface area contributed by atoms with Gasteiger partial charge < -0.3 is 5.73 Å². The molecule has 3 rings (SSSR count). The van der Waals surface area contributed by atoms with Gasteiger partial charge in [-0.2, -0.15) is 0 Å². The maximum atomic E-state index is 13.0. The molecule has 0 radical (unpaired) electrons. The summed E-state index contributed by atoms with van der Waals surface area (Å²) < 4.78 is 14.7. The number of nitrogens with two attached hydrogens (primary N) is 1. The van der Waals surface area contributed by atoms with Gasteiger partial charge in [0.2, 0.25) is 0 Å². The van der Waals surface area contributed by atoms with Crippen LogP contribution in [0.4, 0.5) is 10.1 Å². The number of nitrogens with zero attached hydrogens (tertiary/aromatic N) is 4. The van der Waals surface area contributed by atoms with Crippen molar-refractivity contribution in [1.29, 1.82) is 0 Å². The Labute approximate surface area is 95.7 Å². The summed E-state index contributed by atoms with van der Waals surface area (Å²) in [5, 5.41) is 8.01. The van der Waals surface area contributed by atoms with Gasteiger partial charge in [0.15, 0.2) is 11.5 Å². The third-order valence-electron chi connectivity index (χ3n) is 2.47. The number of fused-ring (bicyclic) bond motifs is 1. The molecule has 17 heavy (non-hydrogen) atoms. The van der Waals surface area contributed by atoms with Gasteiger partial charge >= 0.3 is 0 Å². The summed E-state index contributed by atoms with van der Waals surface area (Å²) in [6.45, 7) is 0. The van der Waals surface area contributed by atoms with E-state index in [1.54, 1.807) is 29.1 Å². The fourth-order valence-corrected chi connectivity index (χ4v) is 1.67. The van der Waals surface area contributed by atoms with Gasteiger partial charge in [-0.15, -0.1) is 10.2 Å². The molecular weight excluding hydrogens is 221 g/mol. The van der Waals surface area contributed by atoms with Crippen LogP contribution >= 0.6 is 0 Å². The Morgan fingerprint density at radius 2 is 2.06 bits per heavy atom. The summed E-state index contributed by atoms with van der Waals surface area (Å²) in [6.07, 6.45) is 3.22. The second-order valence-electron chi connectivity index (χ2n) is 3.56. The highest BCUT2D eigenvalue weighted by Gasteiger charge is 2.11. The Bertz CT molecular complexity index is 691. The van der Waals surface area contributed by atoms with E-state index in [-0.39, 0.29) is 5.82 Å². The average molecular weight is 229 g/mol. The topological polar surface area (TPSA) is 69.1 Å². The van der Waals surface area contributed by atoms with Crippen molar-refractivity contribution in [1.82, 2.24) is 19.6 Å². The first kappa shape index (κ1) is 9.71. The van der Waals surface area contributed by atoms with E-state index in [0.717, 1.165) is 0 Å². The lowest BCUT2D eigenvalue weighted by Crippen LogP contribution is -1.96. The molecule has 0 unspecified atom stereocenters. The number of benzene rings is 1. The lowest BCUT2D eigenvalue weighted by molar-refractivity contribution is 0.628. The zero-order valence-corrected chi connectivity index (χ0v) is 8.71. The number of hydrogen-bond acceptors (Lipinski definition) is 4. The predicted octanol–water partition coefficient (Wildman–Crippen LogP) is 1.51. The molecule has 0 saturated carbocycles. The van der Waals surface area contributed by atoms with Crippen molar-refractivity contribution < 1.29 is 4.39 Å². The number of hydrogen-bond donors (Lipinski definition) is 1. The van der Waals surface area contributed by atoms with E-state index < -0.39 is 0 Å². The summed E-state index contributed by atoms with van der Waals surface area (Å²) in [5.74, 6) is 0.170. The van der Waals surface area contributed by atoms with Crippen LogP contribution in [0.1, 0.15) is 0 Å². The Hall–Kier alpha value is -2.50. The molecule has 0 saturated heterocycles. The van der Waals surface area contributed by atoms with Crippen molar-refractivity contribution in [2.45, 2.75) is 0 Å². The predicted molar refractivity (Wildman–Crippen MR) is 60.6 cm³/mol. The van der Waals surface area contributed by atoms with Gasteiger partial charge in [-0.3, -0.25) is 4.40 Å². The molecule has 0 amide bonds. The smallest absolute Gasteiger partial charge is 0.171 e. The lowest BCUT2D eigenvalue weighted by atomic mass is 10.1. The van der Waals surface area contributed by atoms with Crippen LogP contribution in [0.3, 0.4) is 0 Å². The highest BCUT2D eigenvalue weighted by Crippen LogP contribution is 2.24. The van der Waals surface area contributed by atoms with Gasteiger partial charge in [-0.1, -0.05) is 0 Å². The van der Waals surface area contributed by atoms with Crippen LogP contribution in [0.15, 0.2) is 36.8 Å². The Balaban J connectivity index is 2.27. The molecular formula is C11H8FN5. The number of anilines is 1. The van der Waals surface area contributed by atoms with Gasteiger partial charge in [-0.25, -0.2) is 9.37 Å². The zero-order chi connectivity index (χ0) is 11.8. The van der Waals surface area contributed by atoms with Crippen molar-refractivity contribution in [2.24, 2.45) is 0 Å². The molecule has 0 aliphatic rings. The minimum absolute atomic E-state index is 0.322. The van der Waals surface area contributed by atoms with Crippen molar-refractivity contribution in [3.63, 3.8) is 0 Å². The van der Waals surface area contributed by atoms with E-state index in [4.69, 9.17) is 5.73 Å². The summed E-state index contributed by atoms with van der Waals surface area (Å²) in [5.41, 5.74) is 7.38. The molecule has 2 N–H and O–H groups in total. The van der Waals surface area contributed by atoms with Crippen molar-refractivity contribution >= 4 is 11.3 Å². The van der Waals surface area contributed by atoms with Gasteiger partial charge in [0.25, 0.3) is 0 Å². The van der Waals surface area contributed by atoms with Crippen LogP contribution in [0.2, 0.25) is 0 Å². The molecule has 0 atom stereocenters. The van der Waals surface area contributed by atoms with E-state index in [2.05, 4.69) is 15.2 Å². The van der Waals surface area contributed by atoms with Crippen LogP contribution in [0.25, 0.3) is 17.0 Å². The van der Waals surface area contributed by atoms with Crippen LogP contribution in [-0.4, -0.2) is 19.6 Å². The van der Waals surface area contributed by atoms with E-state index in [1.165, 1.54) is 12.1 Å². The molecule has 5 nitrogen and oxygen atoms in total. The fraction of sp³-hybridized carbons (Fsp3) is 0. The fourth-order valence-electron chi connectivity index (χ4n) is 1.67. The van der Waals surface area contributed by atoms with Gasteiger partial charge in [0, 0.05) is 23.5 Å². The molecule has 6 heteroatoms. The van der Waals surface area contributed by atoms with Crippen LogP contribution in [0, 0.1) is 5.82 Å². The highest BCUT2D eigenvalue weighted by molar-refractivity contribution is 5.72. The molecule has 0 bridgehead atoms. The molecule has 1 aromatic carbocycles. The molecule has 0 aliphatic carbocycles. The largest absolute Gasteiger partial charge is 0.398 e. The van der Waals surface area contributed by atoms with Gasteiger partial charge in [-0.05, 0) is 18.2 Å². The third kappa shape index (κ3) is 1.50. The first-order chi connectivity index (χ1) is 8.25. The molecule has 2 heterocycles. The van der Waals surface area contributed by atoms with Gasteiger partial charge in [0.1, 0.15) is 12.1 Å². The third-order valence-corrected chi connectivity index (χ3v) is 2.47. The van der Waals surface area contributed by atoms with Crippen LogP contribution in [0.5, 0.6) is 0 Å². The van der Waals surface area contributed by atoms with Gasteiger partial charge in [0.05, 0.1) is 0 Å². The first-order valence-electron chi connectivity index (χ1n) is 4.96.